The van der Waals surface area contributed by atoms with Crippen molar-refractivity contribution >= 4 is 5.78 Å². The molecule has 4 atom stereocenters. The van der Waals surface area contributed by atoms with E-state index in [2.05, 4.69) is 26.8 Å². The van der Waals surface area contributed by atoms with Gasteiger partial charge in [-0.3, -0.25) is 4.79 Å². The highest BCUT2D eigenvalue weighted by Crippen LogP contribution is 2.50. The Hall–Kier alpha value is -0.630. The van der Waals surface area contributed by atoms with E-state index >= 15 is 0 Å². The molecule has 0 aromatic rings. The highest BCUT2D eigenvalue weighted by Gasteiger charge is 2.49. The molecule has 0 aromatic carbocycles. The van der Waals surface area contributed by atoms with Crippen LogP contribution in [0.2, 0.25) is 0 Å². The van der Waals surface area contributed by atoms with Crippen LogP contribution in [-0.2, 0) is 9.53 Å². The van der Waals surface area contributed by atoms with Crippen LogP contribution in [0.5, 0.6) is 0 Å². The summed E-state index contributed by atoms with van der Waals surface area (Å²) in [4.78, 5) is 12.0. The van der Waals surface area contributed by atoms with Gasteiger partial charge in [-0.05, 0) is 50.0 Å². The summed E-state index contributed by atoms with van der Waals surface area (Å²) >= 11 is 0. The fourth-order valence-electron chi connectivity index (χ4n) is 3.90. The summed E-state index contributed by atoms with van der Waals surface area (Å²) in [6.45, 7) is 8.76. The lowest BCUT2D eigenvalue weighted by Crippen LogP contribution is -2.50. The van der Waals surface area contributed by atoms with Crippen LogP contribution in [0.15, 0.2) is 11.6 Å². The van der Waals surface area contributed by atoms with Gasteiger partial charge < -0.3 is 4.74 Å². The normalized spacial score (nSPS) is 40.7. The van der Waals surface area contributed by atoms with Crippen LogP contribution in [0.1, 0.15) is 47.0 Å². The fraction of sp³-hybridized carbons (Fsp3) is 0.812. The first-order chi connectivity index (χ1) is 8.39. The molecule has 0 aliphatic heterocycles. The molecule has 0 N–H and O–H groups in total. The van der Waals surface area contributed by atoms with E-state index in [0.717, 1.165) is 12.0 Å². The molecule has 0 amide bonds. The molecule has 0 radical (unpaired) electrons. The van der Waals surface area contributed by atoms with Gasteiger partial charge in [0.25, 0.3) is 0 Å². The Morgan fingerprint density at radius 1 is 1.44 bits per heavy atom. The Bertz CT molecular complexity index is 369. The van der Waals surface area contributed by atoms with Crippen molar-refractivity contribution in [2.45, 2.75) is 52.6 Å². The van der Waals surface area contributed by atoms with Gasteiger partial charge in [0, 0.05) is 19.4 Å². The Labute approximate surface area is 111 Å². The lowest BCUT2D eigenvalue weighted by Gasteiger charge is -2.50. The number of methoxy groups -OCH3 is 1. The third kappa shape index (κ3) is 2.16. The molecule has 0 unspecified atom stereocenters. The van der Waals surface area contributed by atoms with Gasteiger partial charge >= 0.3 is 0 Å². The Morgan fingerprint density at radius 3 is 2.67 bits per heavy atom. The number of allylic oxidation sites excluding steroid dienone is 2. The van der Waals surface area contributed by atoms with E-state index in [-0.39, 0.29) is 5.60 Å². The van der Waals surface area contributed by atoms with Crippen molar-refractivity contribution in [3.05, 3.63) is 11.6 Å². The third-order valence-corrected chi connectivity index (χ3v) is 5.33. The van der Waals surface area contributed by atoms with Gasteiger partial charge in [-0.15, -0.1) is 0 Å². The van der Waals surface area contributed by atoms with E-state index in [9.17, 15) is 4.79 Å². The lowest BCUT2D eigenvalue weighted by molar-refractivity contribution is -0.132. The number of Topliss-reactive ketones (excluding diaryl/α,β-unsaturated/α-hetero) is 1. The molecule has 2 aliphatic carbocycles. The first-order valence-corrected chi connectivity index (χ1v) is 7.16. The predicted octanol–water partition coefficient (Wildman–Crippen LogP) is 3.61. The summed E-state index contributed by atoms with van der Waals surface area (Å²) in [5, 5.41) is 0. The first-order valence-electron chi connectivity index (χ1n) is 7.16. The van der Waals surface area contributed by atoms with Gasteiger partial charge in [-0.25, -0.2) is 0 Å². The summed E-state index contributed by atoms with van der Waals surface area (Å²) in [7, 11) is 1.79. The zero-order chi connectivity index (χ0) is 13.5. The van der Waals surface area contributed by atoms with Gasteiger partial charge in [-0.2, -0.15) is 0 Å². The van der Waals surface area contributed by atoms with Crippen LogP contribution in [-0.4, -0.2) is 18.5 Å². The van der Waals surface area contributed by atoms with Crippen LogP contribution >= 0.6 is 0 Å². The second kappa shape index (κ2) is 4.80. The van der Waals surface area contributed by atoms with Crippen LogP contribution in [0.3, 0.4) is 0 Å². The van der Waals surface area contributed by atoms with E-state index in [1.165, 1.54) is 6.42 Å². The van der Waals surface area contributed by atoms with Gasteiger partial charge in [0.05, 0.1) is 5.60 Å². The predicted molar refractivity (Wildman–Crippen MR) is 73.3 cm³/mol. The lowest BCUT2D eigenvalue weighted by atomic mass is 9.58. The summed E-state index contributed by atoms with van der Waals surface area (Å²) in [5.74, 6) is 2.56. The SMILES string of the molecule is CO[C@@]1(C)CC[C@@H](C(C)C)[C@H]2C=C(C)C(=O)C[C@H]21. The molecule has 0 aromatic heterocycles. The van der Waals surface area contributed by atoms with Crippen LogP contribution < -0.4 is 0 Å². The standard InChI is InChI=1S/C16H26O2/c1-10(2)12-6-7-16(4,18-5)14-9-15(17)11(3)8-13(12)14/h8,10,12-14H,6-7,9H2,1-5H3/t12-,13+,14+,16-/m0/s1. The van der Waals surface area contributed by atoms with Crippen molar-refractivity contribution in [1.29, 1.82) is 0 Å². The van der Waals surface area contributed by atoms with Crippen molar-refractivity contribution in [3.8, 4) is 0 Å². The minimum atomic E-state index is -0.122. The highest BCUT2D eigenvalue weighted by atomic mass is 16.5. The molecule has 1 fully saturated rings. The van der Waals surface area contributed by atoms with E-state index in [0.29, 0.717) is 35.9 Å². The van der Waals surface area contributed by atoms with Crippen molar-refractivity contribution in [1.82, 2.24) is 0 Å². The van der Waals surface area contributed by atoms with E-state index in [1.807, 2.05) is 6.92 Å². The zero-order valence-electron chi connectivity index (χ0n) is 12.3. The van der Waals surface area contributed by atoms with E-state index < -0.39 is 0 Å². The van der Waals surface area contributed by atoms with Gasteiger partial charge in [0.15, 0.2) is 5.78 Å². The maximum absolute atomic E-state index is 12.0. The molecule has 2 rings (SSSR count). The number of carbonyl (C=O) groups is 1. The van der Waals surface area contributed by atoms with Crippen LogP contribution in [0.4, 0.5) is 0 Å². The molecule has 0 bridgehead atoms. The number of rotatable bonds is 2. The molecular formula is C16H26O2. The number of fused-ring (bicyclic) bond motifs is 1. The highest BCUT2D eigenvalue weighted by molar-refractivity contribution is 5.95. The molecule has 0 heterocycles. The molecule has 2 heteroatoms. The number of ether oxygens (including phenoxy) is 1. The molecule has 0 spiro atoms. The molecular weight excluding hydrogens is 224 g/mol. The number of hydrogen-bond acceptors (Lipinski definition) is 2. The van der Waals surface area contributed by atoms with Crippen molar-refractivity contribution in [2.75, 3.05) is 7.11 Å². The maximum atomic E-state index is 12.0. The second-order valence-corrected chi connectivity index (χ2v) is 6.62. The fourth-order valence-corrected chi connectivity index (χ4v) is 3.90. The van der Waals surface area contributed by atoms with Crippen molar-refractivity contribution < 1.29 is 9.53 Å². The molecule has 2 aliphatic rings. The number of hydrogen-bond donors (Lipinski definition) is 0. The smallest absolute Gasteiger partial charge is 0.158 e. The van der Waals surface area contributed by atoms with Gasteiger partial charge in [-0.1, -0.05) is 19.9 Å². The molecule has 2 nitrogen and oxygen atoms in total. The molecule has 102 valence electrons. The quantitative estimate of drug-likeness (QED) is 0.748. The summed E-state index contributed by atoms with van der Waals surface area (Å²) < 4.78 is 5.78. The Kier molecular flexibility index (Phi) is 3.68. The minimum Gasteiger partial charge on any atom is -0.378 e. The summed E-state index contributed by atoms with van der Waals surface area (Å²) in [5.41, 5.74) is 0.838. The van der Waals surface area contributed by atoms with E-state index in [4.69, 9.17) is 4.74 Å². The largest absolute Gasteiger partial charge is 0.378 e. The van der Waals surface area contributed by atoms with Crippen LogP contribution in [0.25, 0.3) is 0 Å². The molecule has 0 saturated heterocycles. The number of ketones is 1. The topological polar surface area (TPSA) is 26.3 Å². The average molecular weight is 250 g/mol. The van der Waals surface area contributed by atoms with Gasteiger partial charge in [0.2, 0.25) is 0 Å². The first kappa shape index (κ1) is 13.8. The Morgan fingerprint density at radius 2 is 2.11 bits per heavy atom. The third-order valence-electron chi connectivity index (χ3n) is 5.33. The Balaban J connectivity index is 2.36. The van der Waals surface area contributed by atoms with Crippen molar-refractivity contribution in [2.24, 2.45) is 23.7 Å². The molecule has 1 saturated carbocycles. The summed E-state index contributed by atoms with van der Waals surface area (Å²) in [6.07, 6.45) is 5.19. The van der Waals surface area contributed by atoms with Gasteiger partial charge in [0.1, 0.15) is 0 Å². The maximum Gasteiger partial charge on any atom is 0.158 e. The monoisotopic (exact) mass is 250 g/mol. The minimum absolute atomic E-state index is 0.122. The van der Waals surface area contributed by atoms with Crippen LogP contribution in [0, 0.1) is 23.7 Å². The zero-order valence-corrected chi connectivity index (χ0v) is 12.3. The average Bonchev–Trinajstić information content (AvgIpc) is 2.32. The van der Waals surface area contributed by atoms with E-state index in [1.54, 1.807) is 7.11 Å². The van der Waals surface area contributed by atoms with Crippen molar-refractivity contribution in [3.63, 3.8) is 0 Å². The molecule has 18 heavy (non-hydrogen) atoms. The second-order valence-electron chi connectivity index (χ2n) is 6.62. The number of carbonyl (C=O) groups excluding carboxylic acids is 1. The summed E-state index contributed by atoms with van der Waals surface area (Å²) in [6, 6.07) is 0.